The summed E-state index contributed by atoms with van der Waals surface area (Å²) in [6.07, 6.45) is 4.11. The summed E-state index contributed by atoms with van der Waals surface area (Å²) in [5.41, 5.74) is 0.313. The second-order valence-electron chi connectivity index (χ2n) is 6.17. The molecule has 5 nitrogen and oxygen atoms in total. The maximum atomic E-state index is 12.3. The molecule has 0 aliphatic carbocycles. The number of aromatic nitrogens is 2. The van der Waals surface area contributed by atoms with Gasteiger partial charge in [0, 0.05) is 13.0 Å². The van der Waals surface area contributed by atoms with E-state index in [-0.39, 0.29) is 12.1 Å². The average molecular weight is 289 g/mol. The van der Waals surface area contributed by atoms with E-state index < -0.39 is 5.60 Å². The number of aromatic amines is 1. The Balaban J connectivity index is 2.11. The number of amides is 1. The average Bonchev–Trinajstić information content (AvgIpc) is 3.02. The first-order valence-electron chi connectivity index (χ1n) is 7.44. The molecule has 0 saturated carbocycles. The van der Waals surface area contributed by atoms with Gasteiger partial charge in [-0.05, 0) is 39.5 Å². The van der Waals surface area contributed by atoms with Crippen molar-refractivity contribution >= 4 is 6.09 Å². The Labute approximate surface area is 126 Å². The van der Waals surface area contributed by atoms with Crippen LogP contribution in [0, 0.1) is 11.8 Å². The second-order valence-corrected chi connectivity index (χ2v) is 6.17. The third-order valence-corrected chi connectivity index (χ3v) is 3.19. The Bertz CT molecular complexity index is 560. The first kappa shape index (κ1) is 15.4. The van der Waals surface area contributed by atoms with Gasteiger partial charge < -0.3 is 9.72 Å². The van der Waals surface area contributed by atoms with Gasteiger partial charge in [-0.1, -0.05) is 12.8 Å². The van der Waals surface area contributed by atoms with Crippen molar-refractivity contribution < 1.29 is 9.53 Å². The Kier molecular flexibility index (Phi) is 4.56. The number of ether oxygens (including phenoxy) is 1. The fourth-order valence-electron chi connectivity index (χ4n) is 2.34. The van der Waals surface area contributed by atoms with E-state index in [4.69, 9.17) is 4.74 Å². The van der Waals surface area contributed by atoms with E-state index in [0.717, 1.165) is 30.8 Å². The zero-order chi connectivity index (χ0) is 15.5. The summed E-state index contributed by atoms with van der Waals surface area (Å²) in [7, 11) is 0. The Morgan fingerprint density at radius 2 is 2.33 bits per heavy atom. The van der Waals surface area contributed by atoms with Crippen LogP contribution in [0.15, 0.2) is 6.20 Å². The first-order chi connectivity index (χ1) is 9.90. The number of likely N-dealkylation sites (tertiary alicyclic amines) is 1. The standard InChI is InChI=1S/C16H23N3O2/c1-5-6-8-12-11-17-14(18-12)13-9-7-10-19(13)15(20)21-16(2,3)4/h11,13H,5,7,9-10H2,1-4H3,(H,17,18). The lowest BCUT2D eigenvalue weighted by Crippen LogP contribution is -2.36. The fourth-order valence-corrected chi connectivity index (χ4v) is 2.34. The van der Waals surface area contributed by atoms with Crippen LogP contribution >= 0.6 is 0 Å². The topological polar surface area (TPSA) is 58.2 Å². The number of H-pyrrole nitrogens is 1. The van der Waals surface area contributed by atoms with E-state index in [1.165, 1.54) is 0 Å². The second kappa shape index (κ2) is 6.21. The van der Waals surface area contributed by atoms with E-state index in [1.54, 1.807) is 11.1 Å². The van der Waals surface area contributed by atoms with Gasteiger partial charge in [0.1, 0.15) is 17.1 Å². The minimum Gasteiger partial charge on any atom is -0.444 e. The van der Waals surface area contributed by atoms with Crippen molar-refractivity contribution in [1.29, 1.82) is 0 Å². The van der Waals surface area contributed by atoms with Crippen molar-refractivity contribution in [2.24, 2.45) is 0 Å². The molecule has 0 radical (unpaired) electrons. The molecular formula is C16H23N3O2. The number of carbonyl (C=O) groups is 1. The molecule has 0 spiro atoms. The van der Waals surface area contributed by atoms with Crippen molar-refractivity contribution in [1.82, 2.24) is 14.9 Å². The van der Waals surface area contributed by atoms with Gasteiger partial charge in [-0.15, -0.1) is 0 Å². The highest BCUT2D eigenvalue weighted by Crippen LogP contribution is 2.31. The van der Waals surface area contributed by atoms with Crippen molar-refractivity contribution in [3.05, 3.63) is 17.7 Å². The van der Waals surface area contributed by atoms with Crippen molar-refractivity contribution in [3.63, 3.8) is 0 Å². The molecule has 1 aromatic heterocycles. The van der Waals surface area contributed by atoms with Gasteiger partial charge in [-0.25, -0.2) is 9.78 Å². The van der Waals surface area contributed by atoms with Gasteiger partial charge in [0.05, 0.1) is 12.2 Å². The number of imidazole rings is 1. The van der Waals surface area contributed by atoms with Gasteiger partial charge in [0.2, 0.25) is 0 Å². The molecule has 114 valence electrons. The maximum absolute atomic E-state index is 12.3. The number of hydrogen-bond acceptors (Lipinski definition) is 3. The van der Waals surface area contributed by atoms with Gasteiger partial charge in [0.15, 0.2) is 0 Å². The molecule has 1 fully saturated rings. The zero-order valence-corrected chi connectivity index (χ0v) is 13.2. The number of nitrogens with zero attached hydrogens (tertiary/aromatic N) is 2. The quantitative estimate of drug-likeness (QED) is 0.807. The smallest absolute Gasteiger partial charge is 0.410 e. The van der Waals surface area contributed by atoms with Crippen LogP contribution in [-0.2, 0) is 4.74 Å². The summed E-state index contributed by atoms with van der Waals surface area (Å²) in [6, 6.07) is -0.0444. The molecule has 1 unspecified atom stereocenters. The first-order valence-corrected chi connectivity index (χ1v) is 7.44. The Morgan fingerprint density at radius 1 is 1.57 bits per heavy atom. The number of rotatable bonds is 1. The molecule has 0 aromatic carbocycles. The SMILES string of the molecule is CCC#Cc1cnc(C2CCCN2C(=O)OC(C)(C)C)[nH]1. The van der Waals surface area contributed by atoms with Gasteiger partial charge >= 0.3 is 6.09 Å². The van der Waals surface area contributed by atoms with Crippen molar-refractivity contribution in [3.8, 4) is 11.8 Å². The minimum absolute atomic E-state index is 0.0444. The number of nitrogens with one attached hydrogen (secondary N) is 1. The maximum Gasteiger partial charge on any atom is 0.410 e. The molecule has 2 rings (SSSR count). The van der Waals surface area contributed by atoms with Crippen LogP contribution in [0.3, 0.4) is 0 Å². The van der Waals surface area contributed by atoms with Crippen LogP contribution in [0.2, 0.25) is 0 Å². The Morgan fingerprint density at radius 3 is 3.00 bits per heavy atom. The van der Waals surface area contributed by atoms with Crippen LogP contribution in [-0.4, -0.2) is 33.1 Å². The van der Waals surface area contributed by atoms with E-state index in [1.807, 2.05) is 27.7 Å². The molecule has 21 heavy (non-hydrogen) atoms. The van der Waals surface area contributed by atoms with E-state index in [0.29, 0.717) is 6.54 Å². The summed E-state index contributed by atoms with van der Waals surface area (Å²) >= 11 is 0. The predicted octanol–water partition coefficient (Wildman–Crippen LogP) is 3.24. The van der Waals surface area contributed by atoms with Gasteiger partial charge in [-0.2, -0.15) is 0 Å². The number of hydrogen-bond donors (Lipinski definition) is 1. The van der Waals surface area contributed by atoms with Crippen LogP contribution in [0.1, 0.15) is 64.5 Å². The number of carbonyl (C=O) groups excluding carboxylic acids is 1. The van der Waals surface area contributed by atoms with Crippen LogP contribution in [0.5, 0.6) is 0 Å². The minimum atomic E-state index is -0.481. The zero-order valence-electron chi connectivity index (χ0n) is 13.2. The summed E-state index contributed by atoms with van der Waals surface area (Å²) in [6.45, 7) is 8.34. The van der Waals surface area contributed by atoms with E-state index in [9.17, 15) is 4.79 Å². The summed E-state index contributed by atoms with van der Waals surface area (Å²) in [5.74, 6) is 6.82. The lowest BCUT2D eigenvalue weighted by molar-refractivity contribution is 0.0218. The van der Waals surface area contributed by atoms with Crippen LogP contribution in [0.4, 0.5) is 4.79 Å². The summed E-state index contributed by atoms with van der Waals surface area (Å²) < 4.78 is 5.46. The van der Waals surface area contributed by atoms with Gasteiger partial charge in [0.25, 0.3) is 0 Å². The highest BCUT2D eigenvalue weighted by atomic mass is 16.6. The normalized spacial score (nSPS) is 18.3. The molecule has 1 amide bonds. The van der Waals surface area contributed by atoms with Crippen molar-refractivity contribution in [2.75, 3.05) is 6.54 Å². The van der Waals surface area contributed by atoms with E-state index >= 15 is 0 Å². The lowest BCUT2D eigenvalue weighted by atomic mass is 10.2. The molecule has 1 aliphatic heterocycles. The fraction of sp³-hybridized carbons (Fsp3) is 0.625. The molecule has 5 heteroatoms. The molecule has 1 saturated heterocycles. The highest BCUT2D eigenvalue weighted by molar-refractivity contribution is 5.69. The molecule has 1 aromatic rings. The van der Waals surface area contributed by atoms with Crippen LogP contribution < -0.4 is 0 Å². The molecule has 1 atom stereocenters. The monoisotopic (exact) mass is 289 g/mol. The third kappa shape index (κ3) is 4.01. The molecule has 1 N–H and O–H groups in total. The summed E-state index contributed by atoms with van der Waals surface area (Å²) in [5, 5.41) is 0. The van der Waals surface area contributed by atoms with Crippen molar-refractivity contribution in [2.45, 2.75) is 58.6 Å². The molecule has 0 bridgehead atoms. The largest absolute Gasteiger partial charge is 0.444 e. The summed E-state index contributed by atoms with van der Waals surface area (Å²) in [4.78, 5) is 21.6. The molecule has 1 aliphatic rings. The molecular weight excluding hydrogens is 266 g/mol. The van der Waals surface area contributed by atoms with E-state index in [2.05, 4.69) is 21.8 Å². The predicted molar refractivity (Wildman–Crippen MR) is 80.7 cm³/mol. The third-order valence-electron chi connectivity index (χ3n) is 3.19. The molecule has 2 heterocycles. The highest BCUT2D eigenvalue weighted by Gasteiger charge is 2.34. The van der Waals surface area contributed by atoms with Gasteiger partial charge in [-0.3, -0.25) is 4.90 Å². The van der Waals surface area contributed by atoms with Crippen LogP contribution in [0.25, 0.3) is 0 Å². The lowest BCUT2D eigenvalue weighted by Gasteiger charge is -2.27. The Hall–Kier alpha value is -1.96.